The van der Waals surface area contributed by atoms with Gasteiger partial charge in [0.15, 0.2) is 6.61 Å². The third kappa shape index (κ3) is 4.18. The van der Waals surface area contributed by atoms with Crippen LogP contribution in [0.15, 0.2) is 42.5 Å². The third-order valence-corrected chi connectivity index (χ3v) is 3.10. The number of hydrogen-bond donors (Lipinski definition) is 2. The zero-order valence-corrected chi connectivity index (χ0v) is 11.9. The Morgan fingerprint density at radius 2 is 2.05 bits per heavy atom. The van der Waals surface area contributed by atoms with Crippen molar-refractivity contribution in [2.75, 3.05) is 11.9 Å². The molecule has 6 heteroatoms. The maximum absolute atomic E-state index is 13.0. The molecule has 0 atom stereocenters. The number of rotatable bonds is 5. The van der Waals surface area contributed by atoms with Gasteiger partial charge in [-0.3, -0.25) is 4.79 Å². The molecule has 0 aromatic heterocycles. The van der Waals surface area contributed by atoms with Crippen LogP contribution in [-0.2, 0) is 11.3 Å². The molecule has 0 aliphatic rings. The Morgan fingerprint density at radius 3 is 2.76 bits per heavy atom. The average molecular weight is 309 g/mol. The number of carbonyl (C=O) groups is 1. The Balaban J connectivity index is 1.97. The molecule has 0 spiro atoms. The first-order chi connectivity index (χ1) is 10.1. The van der Waals surface area contributed by atoms with Crippen LogP contribution >= 0.6 is 11.6 Å². The number of benzene rings is 2. The first-order valence-electron chi connectivity index (χ1n) is 6.26. The maximum atomic E-state index is 13.0. The summed E-state index contributed by atoms with van der Waals surface area (Å²) in [6, 6.07) is 10.7. The van der Waals surface area contributed by atoms with Gasteiger partial charge in [-0.2, -0.15) is 0 Å². The van der Waals surface area contributed by atoms with Gasteiger partial charge in [0.25, 0.3) is 5.91 Å². The molecule has 2 aromatic rings. The fraction of sp³-hybridized carbons (Fsp3) is 0.133. The smallest absolute Gasteiger partial charge is 0.262 e. The van der Waals surface area contributed by atoms with Crippen LogP contribution in [-0.4, -0.2) is 12.5 Å². The first kappa shape index (κ1) is 15.3. The lowest BCUT2D eigenvalue weighted by Crippen LogP contribution is -2.20. The van der Waals surface area contributed by atoms with Crippen molar-refractivity contribution in [2.24, 2.45) is 5.73 Å². The van der Waals surface area contributed by atoms with Gasteiger partial charge in [-0.25, -0.2) is 4.39 Å². The zero-order chi connectivity index (χ0) is 15.2. The van der Waals surface area contributed by atoms with Gasteiger partial charge in [0, 0.05) is 22.8 Å². The molecule has 0 aliphatic carbocycles. The highest BCUT2D eigenvalue weighted by molar-refractivity contribution is 6.31. The molecule has 3 N–H and O–H groups in total. The molecule has 110 valence electrons. The zero-order valence-electron chi connectivity index (χ0n) is 11.1. The second-order valence-electron chi connectivity index (χ2n) is 4.27. The van der Waals surface area contributed by atoms with Crippen LogP contribution in [0, 0.1) is 5.82 Å². The van der Waals surface area contributed by atoms with Crippen molar-refractivity contribution in [3.63, 3.8) is 0 Å². The van der Waals surface area contributed by atoms with Crippen molar-refractivity contribution in [3.05, 3.63) is 58.9 Å². The molecule has 0 saturated heterocycles. The molecular weight excluding hydrogens is 295 g/mol. The maximum Gasteiger partial charge on any atom is 0.262 e. The second kappa shape index (κ2) is 7.06. The van der Waals surface area contributed by atoms with Gasteiger partial charge in [0.05, 0.1) is 0 Å². The molecule has 0 heterocycles. The van der Waals surface area contributed by atoms with E-state index in [2.05, 4.69) is 5.32 Å². The number of halogens is 2. The quantitative estimate of drug-likeness (QED) is 0.892. The van der Waals surface area contributed by atoms with Gasteiger partial charge in [0.2, 0.25) is 0 Å². The summed E-state index contributed by atoms with van der Waals surface area (Å²) in [5.74, 6) is -0.364. The summed E-state index contributed by atoms with van der Waals surface area (Å²) in [7, 11) is 0. The lowest BCUT2D eigenvalue weighted by atomic mass is 10.2. The van der Waals surface area contributed by atoms with E-state index in [1.165, 1.54) is 18.2 Å². The number of nitrogens with one attached hydrogen (secondary N) is 1. The van der Waals surface area contributed by atoms with Gasteiger partial charge in [0.1, 0.15) is 11.6 Å². The van der Waals surface area contributed by atoms with Gasteiger partial charge < -0.3 is 15.8 Å². The van der Waals surface area contributed by atoms with Crippen LogP contribution in [0.5, 0.6) is 5.75 Å². The summed E-state index contributed by atoms with van der Waals surface area (Å²) < 4.78 is 18.4. The molecule has 0 bridgehead atoms. The third-order valence-electron chi connectivity index (χ3n) is 2.75. The summed E-state index contributed by atoms with van der Waals surface area (Å²) in [4.78, 5) is 11.8. The van der Waals surface area contributed by atoms with Crippen LogP contribution in [0.3, 0.4) is 0 Å². The van der Waals surface area contributed by atoms with Crippen LogP contribution in [0.1, 0.15) is 5.56 Å². The van der Waals surface area contributed by atoms with Crippen LogP contribution < -0.4 is 15.8 Å². The van der Waals surface area contributed by atoms with E-state index in [1.807, 2.05) is 0 Å². The van der Waals surface area contributed by atoms with Crippen LogP contribution in [0.2, 0.25) is 5.02 Å². The van der Waals surface area contributed by atoms with E-state index in [-0.39, 0.29) is 13.2 Å². The number of anilines is 1. The van der Waals surface area contributed by atoms with Crippen LogP contribution in [0.4, 0.5) is 10.1 Å². The Labute approximate surface area is 126 Å². The molecule has 2 rings (SSSR count). The Morgan fingerprint density at radius 1 is 1.29 bits per heavy atom. The normalized spacial score (nSPS) is 10.2. The molecule has 0 aliphatic heterocycles. The van der Waals surface area contributed by atoms with E-state index >= 15 is 0 Å². The molecule has 21 heavy (non-hydrogen) atoms. The highest BCUT2D eigenvalue weighted by Crippen LogP contribution is 2.25. The molecule has 0 unspecified atom stereocenters. The van der Waals surface area contributed by atoms with Crippen molar-refractivity contribution < 1.29 is 13.9 Å². The van der Waals surface area contributed by atoms with E-state index in [4.69, 9.17) is 22.1 Å². The monoisotopic (exact) mass is 308 g/mol. The van der Waals surface area contributed by atoms with Gasteiger partial charge >= 0.3 is 0 Å². The van der Waals surface area contributed by atoms with E-state index in [0.29, 0.717) is 22.0 Å². The minimum absolute atomic E-state index is 0.209. The van der Waals surface area contributed by atoms with Crippen molar-refractivity contribution in [1.82, 2.24) is 0 Å². The standard InChI is InChI=1S/C15H14ClFN2O2/c16-13-5-2-6-14(12(13)8-18)21-9-15(20)19-11-4-1-3-10(17)7-11/h1-7H,8-9,18H2,(H,19,20). The van der Waals surface area contributed by atoms with Gasteiger partial charge in [-0.1, -0.05) is 23.7 Å². The molecule has 2 aromatic carbocycles. The highest BCUT2D eigenvalue weighted by atomic mass is 35.5. The number of hydrogen-bond acceptors (Lipinski definition) is 3. The van der Waals surface area contributed by atoms with E-state index in [1.54, 1.807) is 24.3 Å². The minimum Gasteiger partial charge on any atom is -0.483 e. The topological polar surface area (TPSA) is 64.3 Å². The van der Waals surface area contributed by atoms with Crippen molar-refractivity contribution in [3.8, 4) is 5.75 Å². The van der Waals surface area contributed by atoms with E-state index < -0.39 is 11.7 Å². The highest BCUT2D eigenvalue weighted by Gasteiger charge is 2.09. The largest absolute Gasteiger partial charge is 0.483 e. The van der Waals surface area contributed by atoms with Gasteiger partial charge in [-0.05, 0) is 30.3 Å². The molecule has 4 nitrogen and oxygen atoms in total. The molecule has 0 fully saturated rings. The minimum atomic E-state index is -0.422. The Hall–Kier alpha value is -2.11. The summed E-state index contributed by atoms with van der Waals surface area (Å²) >= 11 is 5.99. The fourth-order valence-corrected chi connectivity index (χ4v) is 2.02. The number of amides is 1. The summed E-state index contributed by atoms with van der Waals surface area (Å²) in [6.45, 7) is -0.00955. The number of carbonyl (C=O) groups excluding carboxylic acids is 1. The fourth-order valence-electron chi connectivity index (χ4n) is 1.78. The SMILES string of the molecule is NCc1c(Cl)cccc1OCC(=O)Nc1cccc(F)c1. The number of ether oxygens (including phenoxy) is 1. The molecule has 0 radical (unpaired) electrons. The lowest BCUT2D eigenvalue weighted by molar-refractivity contribution is -0.118. The average Bonchev–Trinajstić information content (AvgIpc) is 2.45. The summed E-state index contributed by atoms with van der Waals surface area (Å²) in [5.41, 5.74) is 6.60. The summed E-state index contributed by atoms with van der Waals surface area (Å²) in [5, 5.41) is 3.02. The molecular formula is C15H14ClFN2O2. The molecule has 0 saturated carbocycles. The number of nitrogens with two attached hydrogens (primary N) is 1. The van der Waals surface area contributed by atoms with Crippen molar-refractivity contribution >= 4 is 23.2 Å². The van der Waals surface area contributed by atoms with E-state index in [9.17, 15) is 9.18 Å². The first-order valence-corrected chi connectivity index (χ1v) is 6.63. The van der Waals surface area contributed by atoms with Crippen molar-refractivity contribution in [2.45, 2.75) is 6.54 Å². The predicted octanol–water partition coefficient (Wildman–Crippen LogP) is 2.96. The van der Waals surface area contributed by atoms with E-state index in [0.717, 1.165) is 0 Å². The molecule has 1 amide bonds. The van der Waals surface area contributed by atoms with Gasteiger partial charge in [-0.15, -0.1) is 0 Å². The van der Waals surface area contributed by atoms with Crippen LogP contribution in [0.25, 0.3) is 0 Å². The summed E-state index contributed by atoms with van der Waals surface area (Å²) in [6.07, 6.45) is 0. The Bertz CT molecular complexity index is 649. The predicted molar refractivity (Wildman–Crippen MR) is 79.9 cm³/mol. The Kier molecular flexibility index (Phi) is 5.14. The second-order valence-corrected chi connectivity index (χ2v) is 4.68. The lowest BCUT2D eigenvalue weighted by Gasteiger charge is -2.11. The van der Waals surface area contributed by atoms with Crippen molar-refractivity contribution in [1.29, 1.82) is 0 Å².